The molecule has 1 amide bonds. The van der Waals surface area contributed by atoms with E-state index in [1.807, 2.05) is 0 Å². The molecule has 3 N–H and O–H groups in total. The van der Waals surface area contributed by atoms with Gasteiger partial charge in [0.15, 0.2) is 0 Å². The van der Waals surface area contributed by atoms with Gasteiger partial charge in [0.1, 0.15) is 5.82 Å². The first-order valence-electron chi connectivity index (χ1n) is 4.90. The molecule has 18 heavy (non-hydrogen) atoms. The first kappa shape index (κ1) is 16.3. The van der Waals surface area contributed by atoms with Crippen LogP contribution >= 0.6 is 12.4 Å². The minimum absolute atomic E-state index is 0. The lowest BCUT2D eigenvalue weighted by molar-refractivity contribution is -0.385. The van der Waals surface area contributed by atoms with Crippen LogP contribution < -0.4 is 11.1 Å². The average Bonchev–Trinajstić information content (AvgIpc) is 2.28. The maximum Gasteiger partial charge on any atom is 0.272 e. The molecule has 8 heteroatoms. The fourth-order valence-electron chi connectivity index (χ4n) is 1.16. The standard InChI is InChI=1S/C10H12FN3O3.ClH/c1-6(5-12)13-10(15)8-3-2-7(14(16)17)4-9(8)11;/h2-4,6H,5,12H2,1H3,(H,13,15);1H/t6-;/m0./s1. The number of rotatable bonds is 4. The van der Waals surface area contributed by atoms with E-state index in [1.165, 1.54) is 0 Å². The van der Waals surface area contributed by atoms with Gasteiger partial charge in [0.2, 0.25) is 0 Å². The third-order valence-electron chi connectivity index (χ3n) is 2.14. The molecule has 1 atom stereocenters. The van der Waals surface area contributed by atoms with Crippen molar-refractivity contribution in [3.8, 4) is 0 Å². The number of amides is 1. The summed E-state index contributed by atoms with van der Waals surface area (Å²) >= 11 is 0. The number of nitrogens with two attached hydrogens (primary N) is 1. The lowest BCUT2D eigenvalue weighted by Gasteiger charge is -2.11. The van der Waals surface area contributed by atoms with Crippen LogP contribution in [0.4, 0.5) is 10.1 Å². The van der Waals surface area contributed by atoms with Crippen molar-refractivity contribution in [3.63, 3.8) is 0 Å². The summed E-state index contributed by atoms with van der Waals surface area (Å²) in [5.74, 6) is -1.57. The molecule has 1 rings (SSSR count). The van der Waals surface area contributed by atoms with Gasteiger partial charge in [-0.15, -0.1) is 12.4 Å². The number of carbonyl (C=O) groups excluding carboxylic acids is 1. The summed E-state index contributed by atoms with van der Waals surface area (Å²) in [6, 6.07) is 2.57. The van der Waals surface area contributed by atoms with Crippen molar-refractivity contribution in [1.29, 1.82) is 0 Å². The number of nitrogens with one attached hydrogen (secondary N) is 1. The molecule has 0 aromatic heterocycles. The van der Waals surface area contributed by atoms with Crippen molar-refractivity contribution in [2.75, 3.05) is 6.54 Å². The van der Waals surface area contributed by atoms with Gasteiger partial charge in [0, 0.05) is 18.7 Å². The lowest BCUT2D eigenvalue weighted by atomic mass is 10.1. The van der Waals surface area contributed by atoms with Crippen molar-refractivity contribution in [2.24, 2.45) is 5.73 Å². The minimum Gasteiger partial charge on any atom is -0.348 e. The molecular weight excluding hydrogens is 265 g/mol. The zero-order valence-electron chi connectivity index (χ0n) is 9.55. The Morgan fingerprint density at radius 1 is 1.61 bits per heavy atom. The van der Waals surface area contributed by atoms with E-state index in [0.29, 0.717) is 6.07 Å². The van der Waals surface area contributed by atoms with Crippen molar-refractivity contribution in [3.05, 3.63) is 39.7 Å². The van der Waals surface area contributed by atoms with Crippen LogP contribution in [0.15, 0.2) is 18.2 Å². The SMILES string of the molecule is C[C@@H](CN)NC(=O)c1ccc([N+](=O)[O-])cc1F.Cl. The molecule has 0 aliphatic heterocycles. The van der Waals surface area contributed by atoms with Gasteiger partial charge >= 0.3 is 0 Å². The second kappa shape index (κ2) is 6.87. The van der Waals surface area contributed by atoms with Crippen molar-refractivity contribution < 1.29 is 14.1 Å². The number of halogens is 2. The largest absolute Gasteiger partial charge is 0.348 e. The Hall–Kier alpha value is -1.73. The van der Waals surface area contributed by atoms with E-state index in [-0.39, 0.29) is 30.6 Å². The number of benzene rings is 1. The Labute approximate surface area is 109 Å². The van der Waals surface area contributed by atoms with Crippen LogP contribution in [-0.2, 0) is 0 Å². The molecule has 1 aromatic carbocycles. The predicted molar refractivity (Wildman–Crippen MR) is 66.3 cm³/mol. The maximum absolute atomic E-state index is 13.4. The summed E-state index contributed by atoms with van der Waals surface area (Å²) < 4.78 is 13.4. The zero-order valence-corrected chi connectivity index (χ0v) is 10.4. The van der Waals surface area contributed by atoms with Gasteiger partial charge in [-0.25, -0.2) is 4.39 Å². The molecule has 0 heterocycles. The number of nitro benzene ring substituents is 1. The van der Waals surface area contributed by atoms with Crippen LogP contribution in [0.1, 0.15) is 17.3 Å². The summed E-state index contributed by atoms with van der Waals surface area (Å²) in [5, 5.41) is 12.8. The highest BCUT2D eigenvalue weighted by Gasteiger charge is 2.16. The second-order valence-electron chi connectivity index (χ2n) is 3.53. The Balaban J connectivity index is 0.00000289. The molecule has 0 fully saturated rings. The highest BCUT2D eigenvalue weighted by Crippen LogP contribution is 2.16. The van der Waals surface area contributed by atoms with E-state index in [4.69, 9.17) is 5.73 Å². The molecule has 0 aliphatic carbocycles. The fraction of sp³-hybridized carbons (Fsp3) is 0.300. The van der Waals surface area contributed by atoms with Crippen LogP contribution in [0, 0.1) is 15.9 Å². The molecule has 0 saturated heterocycles. The van der Waals surface area contributed by atoms with Crippen molar-refractivity contribution in [2.45, 2.75) is 13.0 Å². The van der Waals surface area contributed by atoms with Gasteiger partial charge in [-0.2, -0.15) is 0 Å². The van der Waals surface area contributed by atoms with E-state index in [0.717, 1.165) is 12.1 Å². The highest BCUT2D eigenvalue weighted by molar-refractivity contribution is 5.94. The van der Waals surface area contributed by atoms with Gasteiger partial charge in [0.25, 0.3) is 11.6 Å². The number of hydrogen-bond acceptors (Lipinski definition) is 4. The summed E-state index contributed by atoms with van der Waals surface area (Å²) in [6.45, 7) is 1.89. The summed E-state index contributed by atoms with van der Waals surface area (Å²) in [6.07, 6.45) is 0. The van der Waals surface area contributed by atoms with Gasteiger partial charge in [0.05, 0.1) is 16.6 Å². The normalized spacial score (nSPS) is 11.3. The van der Waals surface area contributed by atoms with E-state index >= 15 is 0 Å². The highest BCUT2D eigenvalue weighted by atomic mass is 35.5. The number of hydrogen-bond donors (Lipinski definition) is 2. The Kier molecular flexibility index (Phi) is 6.21. The van der Waals surface area contributed by atoms with Gasteiger partial charge in [-0.1, -0.05) is 0 Å². The van der Waals surface area contributed by atoms with Crippen molar-refractivity contribution >= 4 is 24.0 Å². The van der Waals surface area contributed by atoms with Crippen LogP contribution in [0.2, 0.25) is 0 Å². The van der Waals surface area contributed by atoms with Gasteiger partial charge in [-0.05, 0) is 13.0 Å². The number of carbonyl (C=O) groups is 1. The second-order valence-corrected chi connectivity index (χ2v) is 3.53. The van der Waals surface area contributed by atoms with E-state index < -0.39 is 22.3 Å². The van der Waals surface area contributed by atoms with E-state index in [9.17, 15) is 19.3 Å². The topological polar surface area (TPSA) is 98.3 Å². The smallest absolute Gasteiger partial charge is 0.272 e. The van der Waals surface area contributed by atoms with Crippen LogP contribution in [0.5, 0.6) is 0 Å². The molecule has 0 bridgehead atoms. The Morgan fingerprint density at radius 2 is 2.22 bits per heavy atom. The summed E-state index contributed by atoms with van der Waals surface area (Å²) in [7, 11) is 0. The Morgan fingerprint density at radius 3 is 2.67 bits per heavy atom. The molecule has 0 spiro atoms. The molecule has 100 valence electrons. The quantitative estimate of drug-likeness (QED) is 0.639. The molecule has 6 nitrogen and oxygen atoms in total. The van der Waals surface area contributed by atoms with E-state index in [2.05, 4.69) is 5.32 Å². The first-order valence-corrected chi connectivity index (χ1v) is 4.90. The monoisotopic (exact) mass is 277 g/mol. The van der Waals surface area contributed by atoms with Gasteiger partial charge < -0.3 is 11.1 Å². The predicted octanol–water partition coefficient (Wildman–Crippen LogP) is 1.23. The van der Waals surface area contributed by atoms with Crippen LogP contribution in [0.3, 0.4) is 0 Å². The molecule has 0 radical (unpaired) electrons. The molecule has 0 unspecified atom stereocenters. The average molecular weight is 278 g/mol. The minimum atomic E-state index is -0.930. The zero-order chi connectivity index (χ0) is 13.0. The molecule has 0 saturated carbocycles. The fourth-order valence-corrected chi connectivity index (χ4v) is 1.16. The summed E-state index contributed by atoms with van der Waals surface area (Å²) in [5.41, 5.74) is 4.67. The summed E-state index contributed by atoms with van der Waals surface area (Å²) in [4.78, 5) is 21.2. The van der Waals surface area contributed by atoms with E-state index in [1.54, 1.807) is 6.92 Å². The number of nitrogens with zero attached hydrogens (tertiary/aromatic N) is 1. The Bertz CT molecular complexity index is 456. The molecular formula is C10H13ClFN3O3. The molecule has 1 aromatic rings. The number of nitro groups is 1. The third kappa shape index (κ3) is 3.94. The maximum atomic E-state index is 13.4. The lowest BCUT2D eigenvalue weighted by Crippen LogP contribution is -2.38. The first-order chi connectivity index (χ1) is 7.95. The number of non-ortho nitro benzene ring substituents is 1. The molecule has 0 aliphatic rings. The van der Waals surface area contributed by atoms with Gasteiger partial charge in [-0.3, -0.25) is 14.9 Å². The van der Waals surface area contributed by atoms with Crippen molar-refractivity contribution in [1.82, 2.24) is 5.32 Å². The third-order valence-corrected chi connectivity index (χ3v) is 2.14. The van der Waals surface area contributed by atoms with Crippen LogP contribution in [0.25, 0.3) is 0 Å². The van der Waals surface area contributed by atoms with Crippen LogP contribution in [-0.4, -0.2) is 23.4 Å².